The molecule has 29 heavy (non-hydrogen) atoms. The summed E-state index contributed by atoms with van der Waals surface area (Å²) in [7, 11) is 1.79. The van der Waals surface area contributed by atoms with E-state index in [1.54, 1.807) is 46.9 Å². The Balaban J connectivity index is 1.93. The average Bonchev–Trinajstić information content (AvgIpc) is 3.28. The second-order valence-corrected chi connectivity index (χ2v) is 7.02. The summed E-state index contributed by atoms with van der Waals surface area (Å²) >= 11 is 0. The number of benzene rings is 1. The van der Waals surface area contributed by atoms with Crippen LogP contribution in [0.5, 0.6) is 0 Å². The van der Waals surface area contributed by atoms with Crippen LogP contribution in [-0.2, 0) is 13.0 Å². The van der Waals surface area contributed by atoms with Crippen molar-refractivity contribution < 1.29 is 13.9 Å². The predicted octanol–water partition coefficient (Wildman–Crippen LogP) is 3.16. The molecule has 0 fully saturated rings. The number of alkyl halides is 2. The minimum atomic E-state index is -3.37. The third-order valence-corrected chi connectivity index (χ3v) is 5.02. The Bertz CT molecular complexity index is 1210. The van der Waals surface area contributed by atoms with Crippen LogP contribution in [0.15, 0.2) is 42.9 Å². The number of aliphatic hydroxyl groups is 1. The lowest BCUT2D eigenvalue weighted by atomic mass is 9.97. The maximum absolute atomic E-state index is 14.4. The molecule has 0 aliphatic carbocycles. The molecule has 3 heterocycles. The van der Waals surface area contributed by atoms with Gasteiger partial charge in [0.1, 0.15) is 11.8 Å². The van der Waals surface area contributed by atoms with Crippen molar-refractivity contribution in [3.05, 3.63) is 54.0 Å². The Kier molecular flexibility index (Phi) is 4.34. The molecule has 3 aromatic heterocycles. The van der Waals surface area contributed by atoms with Crippen LogP contribution >= 0.6 is 0 Å². The maximum Gasteiger partial charge on any atom is 0.298 e. The molecule has 3 N–H and O–H groups in total. The molecule has 0 bridgehead atoms. The Morgan fingerprint density at radius 1 is 1.21 bits per heavy atom. The fraction of sp³-hybridized carbons (Fsp3) is 0.250. The van der Waals surface area contributed by atoms with Crippen molar-refractivity contribution in [2.24, 2.45) is 7.05 Å². The molecule has 0 saturated heterocycles. The van der Waals surface area contributed by atoms with Gasteiger partial charge in [0.15, 0.2) is 11.5 Å². The van der Waals surface area contributed by atoms with Crippen molar-refractivity contribution in [3.8, 4) is 22.6 Å². The first-order chi connectivity index (χ1) is 13.7. The summed E-state index contributed by atoms with van der Waals surface area (Å²) in [5.41, 5.74) is 9.55. The number of fused-ring (bicyclic) bond motifs is 1. The first kappa shape index (κ1) is 19.0. The highest BCUT2D eigenvalue weighted by molar-refractivity contribution is 5.74. The number of aliphatic hydroxyl groups excluding tert-OH is 1. The summed E-state index contributed by atoms with van der Waals surface area (Å²) in [6, 6.07) is 6.11. The lowest BCUT2D eigenvalue weighted by Gasteiger charge is -2.21. The Morgan fingerprint density at radius 2 is 1.97 bits per heavy atom. The number of halogens is 2. The van der Waals surface area contributed by atoms with E-state index < -0.39 is 12.0 Å². The van der Waals surface area contributed by atoms with Gasteiger partial charge >= 0.3 is 0 Å². The van der Waals surface area contributed by atoms with Gasteiger partial charge in [-0.05, 0) is 31.5 Å². The van der Waals surface area contributed by atoms with Crippen LogP contribution < -0.4 is 5.73 Å². The molecule has 150 valence electrons. The highest BCUT2D eigenvalue weighted by Gasteiger charge is 2.37. The summed E-state index contributed by atoms with van der Waals surface area (Å²) in [5, 5.41) is 13.6. The average molecular weight is 398 g/mol. The lowest BCUT2D eigenvalue weighted by Crippen LogP contribution is -2.28. The third kappa shape index (κ3) is 3.03. The van der Waals surface area contributed by atoms with Crippen LogP contribution in [0, 0.1) is 6.92 Å². The fourth-order valence-corrected chi connectivity index (χ4v) is 3.31. The van der Waals surface area contributed by atoms with Gasteiger partial charge in [0, 0.05) is 30.6 Å². The molecule has 0 spiro atoms. The highest BCUT2D eigenvalue weighted by atomic mass is 19.3. The van der Waals surface area contributed by atoms with Crippen molar-refractivity contribution in [3.63, 3.8) is 0 Å². The van der Waals surface area contributed by atoms with Crippen molar-refractivity contribution in [2.45, 2.75) is 25.9 Å². The van der Waals surface area contributed by atoms with Crippen molar-refractivity contribution in [2.75, 3.05) is 5.73 Å². The monoisotopic (exact) mass is 398 g/mol. The largest absolute Gasteiger partial charge is 0.387 e. The number of anilines is 1. The topological polar surface area (TPSA) is 94.3 Å². The van der Waals surface area contributed by atoms with Gasteiger partial charge in [-0.3, -0.25) is 9.08 Å². The van der Waals surface area contributed by atoms with E-state index in [0.717, 1.165) is 18.2 Å². The van der Waals surface area contributed by atoms with Gasteiger partial charge in [-0.15, -0.1) is 0 Å². The zero-order valence-corrected chi connectivity index (χ0v) is 16.1. The summed E-state index contributed by atoms with van der Waals surface area (Å²) in [6.07, 6.45) is 3.17. The summed E-state index contributed by atoms with van der Waals surface area (Å²) in [4.78, 5) is 8.72. The number of nitrogens with two attached hydrogens (primary N) is 1. The van der Waals surface area contributed by atoms with Gasteiger partial charge in [-0.25, -0.2) is 9.97 Å². The smallest absolute Gasteiger partial charge is 0.298 e. The minimum Gasteiger partial charge on any atom is -0.387 e. The number of rotatable bonds is 4. The number of imidazole rings is 1. The van der Waals surface area contributed by atoms with Crippen LogP contribution in [0.2, 0.25) is 0 Å². The molecular weight excluding hydrogens is 378 g/mol. The van der Waals surface area contributed by atoms with Crippen molar-refractivity contribution in [1.29, 1.82) is 0 Å². The van der Waals surface area contributed by atoms with E-state index in [1.165, 1.54) is 12.1 Å². The third-order valence-electron chi connectivity index (χ3n) is 5.02. The number of hydrogen-bond acceptors (Lipinski definition) is 5. The Hall–Kier alpha value is -3.33. The number of aryl methyl sites for hydroxylation is 2. The molecule has 4 rings (SSSR count). The Labute approximate surface area is 165 Å². The van der Waals surface area contributed by atoms with Crippen LogP contribution in [0.3, 0.4) is 0 Å². The minimum absolute atomic E-state index is 0.220. The SMILES string of the molecule is Cc1ccc(C(F)(F)C(C)O)cc1-c1cnc2c(N)nc(-c3ccnn3C)cn12. The quantitative estimate of drug-likeness (QED) is 0.551. The zero-order valence-electron chi connectivity index (χ0n) is 16.1. The van der Waals surface area contributed by atoms with Crippen LogP contribution in [0.4, 0.5) is 14.6 Å². The molecule has 0 amide bonds. The van der Waals surface area contributed by atoms with Gasteiger partial charge in [-0.1, -0.05) is 12.1 Å². The van der Waals surface area contributed by atoms with Crippen molar-refractivity contribution in [1.82, 2.24) is 24.1 Å². The molecule has 7 nitrogen and oxygen atoms in total. The van der Waals surface area contributed by atoms with E-state index in [4.69, 9.17) is 5.73 Å². The number of hydrogen-bond donors (Lipinski definition) is 2. The van der Waals surface area contributed by atoms with Crippen LogP contribution in [-0.4, -0.2) is 35.4 Å². The van der Waals surface area contributed by atoms with E-state index >= 15 is 0 Å². The van der Waals surface area contributed by atoms with Crippen molar-refractivity contribution >= 4 is 11.5 Å². The molecule has 0 saturated carbocycles. The summed E-state index contributed by atoms with van der Waals surface area (Å²) in [5.74, 6) is -3.15. The normalized spacial score (nSPS) is 13.2. The summed E-state index contributed by atoms with van der Waals surface area (Å²) in [6.45, 7) is 2.89. The number of nitrogens with zero attached hydrogens (tertiary/aromatic N) is 5. The molecule has 0 aliphatic rings. The molecule has 1 aromatic carbocycles. The van der Waals surface area contributed by atoms with Gasteiger partial charge in [0.05, 0.1) is 17.6 Å². The maximum atomic E-state index is 14.4. The van der Waals surface area contributed by atoms with Gasteiger partial charge in [0.2, 0.25) is 0 Å². The second-order valence-electron chi connectivity index (χ2n) is 7.02. The molecule has 1 atom stereocenters. The fourth-order valence-electron chi connectivity index (χ4n) is 3.31. The lowest BCUT2D eigenvalue weighted by molar-refractivity contribution is -0.106. The highest BCUT2D eigenvalue weighted by Crippen LogP contribution is 2.36. The van der Waals surface area contributed by atoms with Gasteiger partial charge < -0.3 is 10.8 Å². The molecule has 1 unspecified atom stereocenters. The standard InChI is InChI=1S/C20H20F2N6O/c1-11-4-5-13(20(21,22)12(2)29)8-14(11)17-9-24-19-18(23)26-15(10-28(17)19)16-6-7-25-27(16)3/h4-10,12,29H,1-3H3,(H2,23,26). The zero-order chi connectivity index (χ0) is 20.9. The second kappa shape index (κ2) is 6.63. The summed E-state index contributed by atoms with van der Waals surface area (Å²) < 4.78 is 32.2. The van der Waals surface area contributed by atoms with E-state index in [9.17, 15) is 13.9 Å². The van der Waals surface area contributed by atoms with Gasteiger partial charge in [-0.2, -0.15) is 13.9 Å². The predicted molar refractivity (Wildman–Crippen MR) is 105 cm³/mol. The molecule has 4 aromatic rings. The van der Waals surface area contributed by atoms with E-state index in [1.807, 2.05) is 6.92 Å². The van der Waals surface area contributed by atoms with Crippen LogP contribution in [0.1, 0.15) is 18.1 Å². The Morgan fingerprint density at radius 3 is 2.62 bits per heavy atom. The van der Waals surface area contributed by atoms with E-state index in [2.05, 4.69) is 15.1 Å². The molecule has 9 heteroatoms. The van der Waals surface area contributed by atoms with E-state index in [0.29, 0.717) is 22.6 Å². The molecular formula is C20H20F2N6O. The first-order valence-electron chi connectivity index (χ1n) is 8.99. The molecule has 0 aliphatic heterocycles. The van der Waals surface area contributed by atoms with E-state index in [-0.39, 0.29) is 11.4 Å². The molecule has 0 radical (unpaired) electrons. The number of aromatic nitrogens is 5. The number of nitrogen functional groups attached to an aromatic ring is 1. The van der Waals surface area contributed by atoms with Crippen LogP contribution in [0.25, 0.3) is 28.3 Å². The van der Waals surface area contributed by atoms with Gasteiger partial charge in [0.25, 0.3) is 5.92 Å². The first-order valence-corrected chi connectivity index (χ1v) is 8.99.